The second-order valence-electron chi connectivity index (χ2n) is 8.17. The van der Waals surface area contributed by atoms with Crippen LogP contribution in [0.4, 0.5) is 0 Å². The van der Waals surface area contributed by atoms with Crippen molar-refractivity contribution in [3.63, 3.8) is 0 Å². The number of benzene rings is 1. The van der Waals surface area contributed by atoms with E-state index >= 15 is 0 Å². The highest BCUT2D eigenvalue weighted by molar-refractivity contribution is 5.79. The first-order valence-electron chi connectivity index (χ1n) is 9.35. The third-order valence-corrected chi connectivity index (χ3v) is 6.50. The van der Waals surface area contributed by atoms with Gasteiger partial charge in [0.25, 0.3) is 0 Å². The van der Waals surface area contributed by atoms with E-state index in [4.69, 9.17) is 20.3 Å². The van der Waals surface area contributed by atoms with Crippen LogP contribution in [0.25, 0.3) is 0 Å². The molecule has 0 saturated heterocycles. The third kappa shape index (κ3) is 2.32. The Balaban J connectivity index is 1.82. The first-order chi connectivity index (χ1) is 11.9. The van der Waals surface area contributed by atoms with Crippen LogP contribution >= 0.6 is 0 Å². The summed E-state index contributed by atoms with van der Waals surface area (Å²) in [5.74, 6) is 0.944. The second-order valence-corrected chi connectivity index (χ2v) is 8.17. The predicted molar refractivity (Wildman–Crippen MR) is 98.1 cm³/mol. The average molecular weight is 343 g/mol. The summed E-state index contributed by atoms with van der Waals surface area (Å²) in [5.41, 5.74) is 9.34. The van der Waals surface area contributed by atoms with Gasteiger partial charge in [0.2, 0.25) is 11.7 Å². The summed E-state index contributed by atoms with van der Waals surface area (Å²) in [7, 11) is 3.67. The fourth-order valence-electron chi connectivity index (χ4n) is 4.91. The Hall–Kier alpha value is -1.59. The monoisotopic (exact) mass is 343 g/mol. The van der Waals surface area contributed by atoms with Crippen molar-refractivity contribution in [2.45, 2.75) is 63.7 Å². The van der Waals surface area contributed by atoms with Gasteiger partial charge in [-0.05, 0) is 49.1 Å². The Kier molecular flexibility index (Phi) is 3.85. The number of hydroxylamine groups is 2. The van der Waals surface area contributed by atoms with Gasteiger partial charge in [-0.3, -0.25) is 0 Å². The van der Waals surface area contributed by atoms with Crippen molar-refractivity contribution in [1.82, 2.24) is 5.06 Å². The standard InChI is InChI=1S/C20H29N3O2/c1-13(2)14-5-6-15-12-19(9-7-16(24-4)8-10-19)20(17(15)11-14)22-18(21)23(3)25-20/h5-6,11,13,16H,7-10,12H2,1-4H3,(H2,21,22)/t16-,19-,20?. The maximum atomic E-state index is 6.41. The number of ether oxygens (including phenoxy) is 1. The van der Waals surface area contributed by atoms with Gasteiger partial charge in [0.05, 0.1) is 6.10 Å². The molecule has 5 heteroatoms. The van der Waals surface area contributed by atoms with E-state index in [0.717, 1.165) is 32.1 Å². The summed E-state index contributed by atoms with van der Waals surface area (Å²) >= 11 is 0. The van der Waals surface area contributed by atoms with E-state index in [1.165, 1.54) is 16.7 Å². The lowest BCUT2D eigenvalue weighted by molar-refractivity contribution is -0.232. The van der Waals surface area contributed by atoms with Gasteiger partial charge in [0.15, 0.2) is 0 Å². The smallest absolute Gasteiger partial charge is 0.220 e. The molecule has 1 fully saturated rings. The van der Waals surface area contributed by atoms with Gasteiger partial charge < -0.3 is 10.5 Å². The number of aliphatic imine (C=N–C) groups is 1. The Labute approximate surface area is 150 Å². The highest BCUT2D eigenvalue weighted by Crippen LogP contribution is 2.62. The van der Waals surface area contributed by atoms with Crippen LogP contribution in [-0.4, -0.2) is 31.3 Å². The molecular weight excluding hydrogens is 314 g/mol. The zero-order chi connectivity index (χ0) is 17.8. The molecule has 1 saturated carbocycles. The van der Waals surface area contributed by atoms with Crippen LogP contribution in [0.5, 0.6) is 0 Å². The third-order valence-electron chi connectivity index (χ3n) is 6.50. The van der Waals surface area contributed by atoms with Crippen molar-refractivity contribution in [2.75, 3.05) is 14.2 Å². The minimum Gasteiger partial charge on any atom is -0.381 e. The van der Waals surface area contributed by atoms with Crippen LogP contribution in [0.2, 0.25) is 0 Å². The summed E-state index contributed by atoms with van der Waals surface area (Å²) in [6.07, 6.45) is 5.53. The van der Waals surface area contributed by atoms with Crippen molar-refractivity contribution >= 4 is 5.96 Å². The van der Waals surface area contributed by atoms with E-state index in [1.54, 1.807) is 5.06 Å². The molecule has 1 aromatic rings. The van der Waals surface area contributed by atoms with Gasteiger partial charge >= 0.3 is 0 Å². The van der Waals surface area contributed by atoms with Crippen molar-refractivity contribution in [3.05, 3.63) is 34.9 Å². The van der Waals surface area contributed by atoms with E-state index in [9.17, 15) is 0 Å². The molecule has 0 bridgehead atoms. The number of methoxy groups -OCH3 is 1. The Morgan fingerprint density at radius 2 is 2.04 bits per heavy atom. The zero-order valence-corrected chi connectivity index (χ0v) is 15.7. The molecule has 0 radical (unpaired) electrons. The number of nitrogens with two attached hydrogens (primary N) is 1. The lowest BCUT2D eigenvalue weighted by atomic mass is 9.66. The molecule has 0 aromatic heterocycles. The molecule has 1 aliphatic heterocycles. The topological polar surface area (TPSA) is 60.1 Å². The van der Waals surface area contributed by atoms with Crippen LogP contribution < -0.4 is 5.73 Å². The number of fused-ring (bicyclic) bond motifs is 3. The maximum Gasteiger partial charge on any atom is 0.220 e. The number of hydrogen-bond donors (Lipinski definition) is 1. The van der Waals surface area contributed by atoms with Crippen molar-refractivity contribution in [2.24, 2.45) is 16.1 Å². The summed E-state index contributed by atoms with van der Waals surface area (Å²) in [4.78, 5) is 11.3. The van der Waals surface area contributed by atoms with Crippen LogP contribution in [0.15, 0.2) is 23.2 Å². The molecular formula is C20H29N3O2. The molecule has 25 heavy (non-hydrogen) atoms. The fraction of sp³-hybridized carbons (Fsp3) is 0.650. The van der Waals surface area contributed by atoms with Gasteiger partial charge in [-0.15, -0.1) is 0 Å². The maximum absolute atomic E-state index is 6.41. The number of hydrogen-bond acceptors (Lipinski definition) is 5. The van der Waals surface area contributed by atoms with Crippen LogP contribution in [-0.2, 0) is 21.7 Å². The molecule has 5 nitrogen and oxygen atoms in total. The quantitative estimate of drug-likeness (QED) is 0.895. The zero-order valence-electron chi connectivity index (χ0n) is 15.7. The van der Waals surface area contributed by atoms with Crippen molar-refractivity contribution < 1.29 is 9.57 Å². The molecule has 2 spiro atoms. The van der Waals surface area contributed by atoms with Gasteiger partial charge in [-0.1, -0.05) is 32.0 Å². The predicted octanol–water partition coefficient (Wildman–Crippen LogP) is 3.29. The lowest BCUT2D eigenvalue weighted by Crippen LogP contribution is -2.46. The number of rotatable bonds is 2. The van der Waals surface area contributed by atoms with Crippen LogP contribution in [0, 0.1) is 5.41 Å². The fourth-order valence-corrected chi connectivity index (χ4v) is 4.91. The Bertz CT molecular complexity index is 707. The van der Waals surface area contributed by atoms with Crippen molar-refractivity contribution in [1.29, 1.82) is 0 Å². The molecule has 1 aromatic carbocycles. The molecule has 4 rings (SSSR count). The lowest BCUT2D eigenvalue weighted by Gasteiger charge is -2.45. The van der Waals surface area contributed by atoms with E-state index in [-0.39, 0.29) is 5.41 Å². The second kappa shape index (κ2) is 5.71. The minimum absolute atomic E-state index is 0.0324. The van der Waals surface area contributed by atoms with Crippen LogP contribution in [0.1, 0.15) is 62.1 Å². The van der Waals surface area contributed by atoms with Crippen LogP contribution in [0.3, 0.4) is 0 Å². The van der Waals surface area contributed by atoms with Gasteiger partial charge in [0.1, 0.15) is 0 Å². The Morgan fingerprint density at radius 1 is 1.32 bits per heavy atom. The SMILES string of the molecule is CO[C@H]1CC[C@]2(CC1)Cc1ccc(C(C)C)cc1C21N=C(N)N(C)O1. The number of nitrogens with zero attached hydrogens (tertiary/aromatic N) is 2. The summed E-state index contributed by atoms with van der Waals surface area (Å²) in [5, 5.41) is 1.64. The molecule has 1 unspecified atom stereocenters. The highest BCUT2D eigenvalue weighted by atomic mass is 16.7. The Morgan fingerprint density at radius 3 is 2.60 bits per heavy atom. The molecule has 1 heterocycles. The van der Waals surface area contributed by atoms with Gasteiger partial charge in [-0.25, -0.2) is 14.9 Å². The molecule has 1 atom stereocenters. The van der Waals surface area contributed by atoms with Gasteiger partial charge in [-0.2, -0.15) is 0 Å². The molecule has 3 aliphatic rings. The molecule has 0 amide bonds. The molecule has 2 aliphatic carbocycles. The first-order valence-corrected chi connectivity index (χ1v) is 9.35. The highest BCUT2D eigenvalue weighted by Gasteiger charge is 2.63. The number of guanidine groups is 1. The minimum atomic E-state index is -0.676. The first kappa shape index (κ1) is 16.9. The summed E-state index contributed by atoms with van der Waals surface area (Å²) in [6, 6.07) is 6.83. The van der Waals surface area contributed by atoms with Crippen molar-refractivity contribution in [3.8, 4) is 0 Å². The average Bonchev–Trinajstić information content (AvgIpc) is 3.03. The summed E-state index contributed by atoms with van der Waals surface area (Å²) < 4.78 is 5.60. The van der Waals surface area contributed by atoms with E-state index in [2.05, 4.69) is 32.0 Å². The normalized spacial score (nSPS) is 34.2. The molecule has 2 N–H and O–H groups in total. The largest absolute Gasteiger partial charge is 0.381 e. The summed E-state index contributed by atoms with van der Waals surface area (Å²) in [6.45, 7) is 4.45. The molecule has 136 valence electrons. The van der Waals surface area contributed by atoms with Gasteiger partial charge in [0, 0.05) is 25.1 Å². The van der Waals surface area contributed by atoms with E-state index in [1.807, 2.05) is 14.2 Å². The van der Waals surface area contributed by atoms with E-state index < -0.39 is 5.72 Å². The van der Waals surface area contributed by atoms with E-state index in [0.29, 0.717) is 18.0 Å².